The maximum Gasteiger partial charge on any atom is 0.175 e. The van der Waals surface area contributed by atoms with Gasteiger partial charge >= 0.3 is 0 Å². The van der Waals surface area contributed by atoms with Gasteiger partial charge in [0.1, 0.15) is 5.75 Å². The van der Waals surface area contributed by atoms with Crippen LogP contribution in [0.1, 0.15) is 25.8 Å². The third-order valence-corrected chi connectivity index (χ3v) is 2.61. The molecule has 0 spiro atoms. The third kappa shape index (κ3) is 3.82. The number of ether oxygens (including phenoxy) is 1. The van der Waals surface area contributed by atoms with Gasteiger partial charge in [0, 0.05) is 0 Å². The zero-order chi connectivity index (χ0) is 12.8. The van der Waals surface area contributed by atoms with Gasteiger partial charge in [-0.2, -0.15) is 0 Å². The summed E-state index contributed by atoms with van der Waals surface area (Å²) in [6.07, 6.45) is 0.933. The van der Waals surface area contributed by atoms with E-state index in [1.165, 1.54) is 0 Å². The molecule has 3 N–H and O–H groups in total. The minimum absolute atomic E-state index is 0.0462. The predicted molar refractivity (Wildman–Crippen MR) is 68.9 cm³/mol. The molecule has 0 saturated heterocycles. The number of hydrogen-bond acceptors (Lipinski definition) is 3. The van der Waals surface area contributed by atoms with Gasteiger partial charge in [0.2, 0.25) is 0 Å². The van der Waals surface area contributed by atoms with E-state index in [-0.39, 0.29) is 5.84 Å². The fourth-order valence-electron chi connectivity index (χ4n) is 1.33. The lowest BCUT2D eigenvalue weighted by molar-refractivity contribution is 0.288. The van der Waals surface area contributed by atoms with Crippen LogP contribution in [0.15, 0.2) is 23.4 Å². The van der Waals surface area contributed by atoms with Crippen LogP contribution in [0.5, 0.6) is 5.75 Å². The molecule has 0 aliphatic rings. The Balaban J connectivity index is 2.88. The van der Waals surface area contributed by atoms with Crippen LogP contribution in [0.2, 0.25) is 5.02 Å². The molecule has 94 valence electrons. The molecule has 0 radical (unpaired) electrons. The van der Waals surface area contributed by atoms with Gasteiger partial charge in [0.05, 0.1) is 17.2 Å². The first-order valence-corrected chi connectivity index (χ1v) is 5.83. The smallest absolute Gasteiger partial charge is 0.175 e. The third-order valence-electron chi connectivity index (χ3n) is 2.29. The van der Waals surface area contributed by atoms with Crippen LogP contribution in [0.3, 0.4) is 0 Å². The molecule has 5 heteroatoms. The van der Waals surface area contributed by atoms with Gasteiger partial charge in [0.15, 0.2) is 5.84 Å². The van der Waals surface area contributed by atoms with Crippen LogP contribution in [0.4, 0.5) is 0 Å². The SMILES string of the molecule is CC(C)CCOc1cccc(Cl)c1C(N)=NO. The Kier molecular flexibility index (Phi) is 5.10. The summed E-state index contributed by atoms with van der Waals surface area (Å²) in [7, 11) is 0. The van der Waals surface area contributed by atoms with Crippen LogP contribution < -0.4 is 10.5 Å². The van der Waals surface area contributed by atoms with Crippen LogP contribution in [0.25, 0.3) is 0 Å². The van der Waals surface area contributed by atoms with E-state index >= 15 is 0 Å². The molecule has 0 unspecified atom stereocenters. The molecule has 0 saturated carbocycles. The second kappa shape index (κ2) is 6.35. The van der Waals surface area contributed by atoms with Crippen molar-refractivity contribution in [3.8, 4) is 5.75 Å². The standard InChI is InChI=1S/C12H17ClN2O2/c1-8(2)6-7-17-10-5-3-4-9(13)11(10)12(14)15-16/h3-5,8,16H,6-7H2,1-2H3,(H2,14,15). The van der Waals surface area contributed by atoms with Crippen molar-refractivity contribution in [2.24, 2.45) is 16.8 Å². The molecule has 4 nitrogen and oxygen atoms in total. The molecule has 0 aliphatic heterocycles. The van der Waals surface area contributed by atoms with Crippen molar-refractivity contribution in [2.75, 3.05) is 6.61 Å². The molecule has 0 heterocycles. The Bertz CT molecular complexity index is 405. The topological polar surface area (TPSA) is 67.8 Å². The summed E-state index contributed by atoms with van der Waals surface area (Å²) in [5.74, 6) is 1.05. The maximum atomic E-state index is 8.70. The molecule has 0 aliphatic carbocycles. The lowest BCUT2D eigenvalue weighted by Gasteiger charge is -2.12. The lowest BCUT2D eigenvalue weighted by Crippen LogP contribution is -2.16. The normalized spacial score (nSPS) is 11.9. The highest BCUT2D eigenvalue weighted by Crippen LogP contribution is 2.26. The van der Waals surface area contributed by atoms with E-state index in [1.807, 2.05) is 0 Å². The van der Waals surface area contributed by atoms with Gasteiger partial charge in [-0.05, 0) is 24.5 Å². The summed E-state index contributed by atoms with van der Waals surface area (Å²) in [4.78, 5) is 0. The average Bonchev–Trinajstić information content (AvgIpc) is 2.28. The summed E-state index contributed by atoms with van der Waals surface area (Å²) in [5.41, 5.74) is 5.99. The second-order valence-electron chi connectivity index (χ2n) is 4.13. The Hall–Kier alpha value is -1.42. The van der Waals surface area contributed by atoms with Crippen LogP contribution >= 0.6 is 11.6 Å². The monoisotopic (exact) mass is 256 g/mol. The molecule has 1 aromatic carbocycles. The zero-order valence-electron chi connectivity index (χ0n) is 9.98. The molecule has 17 heavy (non-hydrogen) atoms. The van der Waals surface area contributed by atoms with Gasteiger partial charge in [-0.1, -0.05) is 36.7 Å². The van der Waals surface area contributed by atoms with Crippen molar-refractivity contribution in [1.29, 1.82) is 0 Å². The van der Waals surface area contributed by atoms with E-state index in [0.717, 1.165) is 6.42 Å². The van der Waals surface area contributed by atoms with Crippen molar-refractivity contribution < 1.29 is 9.94 Å². The van der Waals surface area contributed by atoms with Crippen LogP contribution in [-0.2, 0) is 0 Å². The fraction of sp³-hybridized carbons (Fsp3) is 0.417. The predicted octanol–water partition coefficient (Wildman–Crippen LogP) is 2.86. The van der Waals surface area contributed by atoms with Gasteiger partial charge in [-0.25, -0.2) is 0 Å². The molecule has 1 rings (SSSR count). The number of amidine groups is 1. The van der Waals surface area contributed by atoms with E-state index in [0.29, 0.717) is 28.9 Å². The molecular formula is C12H17ClN2O2. The number of nitrogens with zero attached hydrogens (tertiary/aromatic N) is 1. The van der Waals surface area contributed by atoms with Gasteiger partial charge < -0.3 is 15.7 Å². The van der Waals surface area contributed by atoms with Gasteiger partial charge in [-0.15, -0.1) is 0 Å². The summed E-state index contributed by atoms with van der Waals surface area (Å²) in [5, 5.41) is 12.1. The van der Waals surface area contributed by atoms with Crippen molar-refractivity contribution in [3.05, 3.63) is 28.8 Å². The van der Waals surface area contributed by atoms with Crippen LogP contribution in [-0.4, -0.2) is 17.6 Å². The molecule has 0 bridgehead atoms. The number of halogens is 1. The van der Waals surface area contributed by atoms with E-state index in [9.17, 15) is 0 Å². The molecule has 0 amide bonds. The summed E-state index contributed by atoms with van der Waals surface area (Å²) < 4.78 is 5.60. The first kappa shape index (κ1) is 13.6. The van der Waals surface area contributed by atoms with Crippen molar-refractivity contribution in [1.82, 2.24) is 0 Å². The Morgan fingerprint density at radius 2 is 2.24 bits per heavy atom. The van der Waals surface area contributed by atoms with Crippen LogP contribution in [0, 0.1) is 5.92 Å². The molecular weight excluding hydrogens is 240 g/mol. The highest BCUT2D eigenvalue weighted by molar-refractivity contribution is 6.34. The fourth-order valence-corrected chi connectivity index (χ4v) is 1.59. The van der Waals surface area contributed by atoms with E-state index in [4.69, 9.17) is 27.3 Å². The van der Waals surface area contributed by atoms with Gasteiger partial charge in [0.25, 0.3) is 0 Å². The average molecular weight is 257 g/mol. The highest BCUT2D eigenvalue weighted by atomic mass is 35.5. The summed E-state index contributed by atoms with van der Waals surface area (Å²) in [6, 6.07) is 5.19. The van der Waals surface area contributed by atoms with E-state index in [1.54, 1.807) is 18.2 Å². The first-order valence-electron chi connectivity index (χ1n) is 5.45. The largest absolute Gasteiger partial charge is 0.493 e. The highest BCUT2D eigenvalue weighted by Gasteiger charge is 2.12. The Labute approximate surface area is 106 Å². The number of hydrogen-bond donors (Lipinski definition) is 2. The number of rotatable bonds is 5. The quantitative estimate of drug-likeness (QED) is 0.368. The molecule has 1 aromatic rings. The van der Waals surface area contributed by atoms with Crippen molar-refractivity contribution in [3.63, 3.8) is 0 Å². The van der Waals surface area contributed by atoms with Crippen molar-refractivity contribution >= 4 is 17.4 Å². The first-order chi connectivity index (χ1) is 8.06. The van der Waals surface area contributed by atoms with Gasteiger partial charge in [-0.3, -0.25) is 0 Å². The maximum absolute atomic E-state index is 8.70. The summed E-state index contributed by atoms with van der Waals surface area (Å²) >= 11 is 5.99. The van der Waals surface area contributed by atoms with E-state index in [2.05, 4.69) is 19.0 Å². The molecule has 0 fully saturated rings. The zero-order valence-corrected chi connectivity index (χ0v) is 10.7. The lowest BCUT2D eigenvalue weighted by atomic mass is 10.1. The number of nitrogens with two attached hydrogens (primary N) is 1. The Morgan fingerprint density at radius 1 is 1.53 bits per heavy atom. The summed E-state index contributed by atoms with van der Waals surface area (Å²) in [6.45, 7) is 4.81. The van der Waals surface area contributed by atoms with Crippen molar-refractivity contribution in [2.45, 2.75) is 20.3 Å². The molecule has 0 atom stereocenters. The Morgan fingerprint density at radius 3 is 2.82 bits per heavy atom. The van der Waals surface area contributed by atoms with E-state index < -0.39 is 0 Å². The minimum Gasteiger partial charge on any atom is -0.493 e. The molecule has 0 aromatic heterocycles. The second-order valence-corrected chi connectivity index (χ2v) is 4.54. The number of benzene rings is 1. The minimum atomic E-state index is -0.0462. The number of oxime groups is 1.